The van der Waals surface area contributed by atoms with E-state index >= 15 is 0 Å². The van der Waals surface area contributed by atoms with Crippen LogP contribution in [0.1, 0.15) is 46.2 Å². The lowest BCUT2D eigenvalue weighted by molar-refractivity contribution is -0.143. The minimum Gasteiger partial charge on any atom is -0.481 e. The lowest BCUT2D eigenvalue weighted by Crippen LogP contribution is -2.59. The monoisotopic (exact) mass is 482 g/mol. The van der Waals surface area contributed by atoms with E-state index in [-0.39, 0.29) is 12.8 Å². The van der Waals surface area contributed by atoms with Gasteiger partial charge in [0.2, 0.25) is 17.7 Å². The number of aromatic nitrogens is 2. The summed E-state index contributed by atoms with van der Waals surface area (Å²) in [6.45, 7) is 6.57. The lowest BCUT2D eigenvalue weighted by atomic mass is 9.99. The molecule has 4 atom stereocenters. The first-order chi connectivity index (χ1) is 15.8. The van der Waals surface area contributed by atoms with Gasteiger partial charge in [0, 0.05) is 24.7 Å². The number of carboxylic acids is 2. The Hall–Kier alpha value is -3.48. The molecule has 13 heteroatoms. The molecule has 1 rings (SSSR count). The molecule has 0 spiro atoms. The molecule has 0 aromatic carbocycles. The van der Waals surface area contributed by atoms with Gasteiger partial charge < -0.3 is 36.9 Å². The van der Waals surface area contributed by atoms with Crippen LogP contribution in [0.4, 0.5) is 0 Å². The van der Waals surface area contributed by atoms with Gasteiger partial charge in [-0.2, -0.15) is 0 Å². The van der Waals surface area contributed by atoms with Gasteiger partial charge in [-0.1, -0.05) is 27.7 Å². The Balaban J connectivity index is 2.94. The predicted octanol–water partition coefficient (Wildman–Crippen LogP) is -1.00. The third-order valence-electron chi connectivity index (χ3n) is 5.09. The highest BCUT2D eigenvalue weighted by Gasteiger charge is 2.33. The molecule has 0 radical (unpaired) electrons. The van der Waals surface area contributed by atoms with Crippen LogP contribution in [0, 0.1) is 11.8 Å². The molecule has 0 aliphatic rings. The topological polar surface area (TPSA) is 217 Å². The van der Waals surface area contributed by atoms with Gasteiger partial charge in [-0.05, 0) is 18.3 Å². The summed E-state index contributed by atoms with van der Waals surface area (Å²) in [7, 11) is 0. The molecule has 0 fully saturated rings. The number of H-pyrrole nitrogens is 1. The summed E-state index contributed by atoms with van der Waals surface area (Å²) in [5.74, 6) is -5.38. The fourth-order valence-electron chi connectivity index (χ4n) is 3.09. The normalized spacial score (nSPS) is 14.7. The molecule has 0 bridgehead atoms. The number of nitrogens with two attached hydrogens (primary N) is 1. The van der Waals surface area contributed by atoms with Gasteiger partial charge in [-0.3, -0.25) is 19.2 Å². The number of carbonyl (C=O) groups is 5. The zero-order valence-corrected chi connectivity index (χ0v) is 19.7. The number of imidazole rings is 1. The van der Waals surface area contributed by atoms with Crippen LogP contribution in [0.5, 0.6) is 0 Å². The standard InChI is InChI=1S/C21H34N6O7/c1-10(2)16(20(32)27-17(11(3)4)21(33)34)26-19(31)14(5-6-15(28)29)25-18(30)13(22)7-12-8-23-9-24-12/h8-11,13-14,16-17H,5-7,22H2,1-4H3,(H,23,24)(H,25,30)(H,26,31)(H,27,32)(H,28,29)(H,33,34). The second kappa shape index (κ2) is 13.3. The average molecular weight is 483 g/mol. The van der Waals surface area contributed by atoms with Crippen LogP contribution < -0.4 is 21.7 Å². The Morgan fingerprint density at radius 2 is 1.53 bits per heavy atom. The van der Waals surface area contributed by atoms with Crippen LogP contribution >= 0.6 is 0 Å². The van der Waals surface area contributed by atoms with Crippen molar-refractivity contribution in [2.75, 3.05) is 0 Å². The summed E-state index contributed by atoms with van der Waals surface area (Å²) in [6, 6.07) is -4.58. The largest absolute Gasteiger partial charge is 0.481 e. The molecular formula is C21H34N6O7. The van der Waals surface area contributed by atoms with Crippen molar-refractivity contribution in [2.45, 2.75) is 71.1 Å². The van der Waals surface area contributed by atoms with E-state index < -0.39 is 72.1 Å². The average Bonchev–Trinajstić information content (AvgIpc) is 3.24. The molecule has 1 aromatic heterocycles. The quantitative estimate of drug-likeness (QED) is 0.173. The maximum absolute atomic E-state index is 12.9. The highest BCUT2D eigenvalue weighted by atomic mass is 16.4. The van der Waals surface area contributed by atoms with Crippen molar-refractivity contribution in [3.05, 3.63) is 18.2 Å². The molecule has 4 unspecified atom stereocenters. The lowest BCUT2D eigenvalue weighted by Gasteiger charge is -2.27. The van der Waals surface area contributed by atoms with Crippen LogP contribution in [-0.2, 0) is 30.4 Å². The minimum absolute atomic E-state index is 0.113. The summed E-state index contributed by atoms with van der Waals surface area (Å²) < 4.78 is 0. The summed E-state index contributed by atoms with van der Waals surface area (Å²) in [5.41, 5.74) is 6.50. The number of aliphatic carboxylic acids is 2. The molecule has 0 aliphatic carbocycles. The van der Waals surface area contributed by atoms with E-state index in [2.05, 4.69) is 25.9 Å². The van der Waals surface area contributed by atoms with Gasteiger partial charge in [-0.15, -0.1) is 0 Å². The first-order valence-corrected chi connectivity index (χ1v) is 10.9. The van der Waals surface area contributed by atoms with Crippen molar-refractivity contribution in [2.24, 2.45) is 17.6 Å². The number of aromatic amines is 1. The van der Waals surface area contributed by atoms with Crippen molar-refractivity contribution in [1.29, 1.82) is 0 Å². The maximum atomic E-state index is 12.9. The van der Waals surface area contributed by atoms with E-state index in [4.69, 9.17) is 10.8 Å². The molecule has 190 valence electrons. The molecule has 34 heavy (non-hydrogen) atoms. The first-order valence-electron chi connectivity index (χ1n) is 10.9. The Morgan fingerprint density at radius 1 is 0.941 bits per heavy atom. The number of carboxylic acid groups (broad SMARTS) is 2. The Kier molecular flexibility index (Phi) is 11.2. The number of hydrogen-bond acceptors (Lipinski definition) is 7. The van der Waals surface area contributed by atoms with E-state index in [9.17, 15) is 29.1 Å². The predicted molar refractivity (Wildman–Crippen MR) is 120 cm³/mol. The van der Waals surface area contributed by atoms with Gasteiger partial charge in [-0.25, -0.2) is 9.78 Å². The molecular weight excluding hydrogens is 448 g/mol. The molecule has 8 N–H and O–H groups in total. The number of carbonyl (C=O) groups excluding carboxylic acids is 3. The van der Waals surface area contributed by atoms with E-state index in [0.717, 1.165) is 0 Å². The van der Waals surface area contributed by atoms with Crippen molar-refractivity contribution in [1.82, 2.24) is 25.9 Å². The second-order valence-electron chi connectivity index (χ2n) is 8.68. The van der Waals surface area contributed by atoms with Gasteiger partial charge in [0.1, 0.15) is 18.1 Å². The number of amides is 3. The third-order valence-corrected chi connectivity index (χ3v) is 5.09. The zero-order chi connectivity index (χ0) is 26.0. The molecule has 0 saturated carbocycles. The van der Waals surface area contributed by atoms with Crippen molar-refractivity contribution >= 4 is 29.7 Å². The molecule has 1 aromatic rings. The van der Waals surface area contributed by atoms with Crippen LogP contribution in [0.3, 0.4) is 0 Å². The molecule has 0 aliphatic heterocycles. The SMILES string of the molecule is CC(C)C(NC(=O)C(NC(=O)C(CCC(=O)O)NC(=O)C(N)Cc1cnc[nH]1)C(C)C)C(=O)O. The third kappa shape index (κ3) is 9.17. The van der Waals surface area contributed by atoms with Crippen molar-refractivity contribution in [3.63, 3.8) is 0 Å². The van der Waals surface area contributed by atoms with Gasteiger partial charge in [0.15, 0.2) is 0 Å². The van der Waals surface area contributed by atoms with Gasteiger partial charge >= 0.3 is 11.9 Å². The number of rotatable bonds is 14. The Morgan fingerprint density at radius 3 is 2.00 bits per heavy atom. The number of hydrogen-bond donors (Lipinski definition) is 7. The van der Waals surface area contributed by atoms with E-state index in [1.165, 1.54) is 12.5 Å². The summed E-state index contributed by atoms with van der Waals surface area (Å²) in [6.07, 6.45) is 2.38. The Labute approximate surface area is 197 Å². The van der Waals surface area contributed by atoms with Crippen LogP contribution in [0.15, 0.2) is 12.5 Å². The highest BCUT2D eigenvalue weighted by molar-refractivity contribution is 5.94. The fraction of sp³-hybridized carbons (Fsp3) is 0.619. The highest BCUT2D eigenvalue weighted by Crippen LogP contribution is 2.08. The zero-order valence-electron chi connectivity index (χ0n) is 19.7. The smallest absolute Gasteiger partial charge is 0.326 e. The fourth-order valence-corrected chi connectivity index (χ4v) is 3.09. The van der Waals surface area contributed by atoms with Crippen LogP contribution in [0.2, 0.25) is 0 Å². The summed E-state index contributed by atoms with van der Waals surface area (Å²) in [5, 5.41) is 25.7. The molecule has 0 saturated heterocycles. The number of nitrogens with one attached hydrogen (secondary N) is 4. The van der Waals surface area contributed by atoms with E-state index in [1.807, 2.05) is 0 Å². The summed E-state index contributed by atoms with van der Waals surface area (Å²) in [4.78, 5) is 67.3. The summed E-state index contributed by atoms with van der Waals surface area (Å²) >= 11 is 0. The van der Waals surface area contributed by atoms with Crippen molar-refractivity contribution < 1.29 is 34.2 Å². The Bertz CT molecular complexity index is 856. The minimum atomic E-state index is -1.27. The van der Waals surface area contributed by atoms with Crippen molar-refractivity contribution in [3.8, 4) is 0 Å². The van der Waals surface area contributed by atoms with Crippen LogP contribution in [-0.4, -0.2) is 74.0 Å². The second-order valence-corrected chi connectivity index (χ2v) is 8.68. The van der Waals surface area contributed by atoms with Gasteiger partial charge in [0.05, 0.1) is 12.4 Å². The van der Waals surface area contributed by atoms with E-state index in [0.29, 0.717) is 5.69 Å². The molecule has 1 heterocycles. The molecule has 3 amide bonds. The van der Waals surface area contributed by atoms with E-state index in [1.54, 1.807) is 27.7 Å². The number of nitrogens with zero attached hydrogens (tertiary/aromatic N) is 1. The molecule has 13 nitrogen and oxygen atoms in total. The maximum Gasteiger partial charge on any atom is 0.326 e. The van der Waals surface area contributed by atoms with Gasteiger partial charge in [0.25, 0.3) is 0 Å². The first kappa shape index (κ1) is 28.6. The van der Waals surface area contributed by atoms with Crippen LogP contribution in [0.25, 0.3) is 0 Å².